The van der Waals surface area contributed by atoms with E-state index in [0.29, 0.717) is 19.5 Å². The Morgan fingerprint density at radius 2 is 2.05 bits per heavy atom. The molecule has 1 aliphatic heterocycles. The van der Waals surface area contributed by atoms with Gasteiger partial charge in [-0.15, -0.1) is 0 Å². The number of carboxylic acids is 1. The molecule has 0 aromatic heterocycles. The quantitative estimate of drug-likeness (QED) is 0.932. The Morgan fingerprint density at radius 3 is 2.73 bits per heavy atom. The summed E-state index contributed by atoms with van der Waals surface area (Å²) in [5.41, 5.74) is 0.964. The molecule has 5 heteroatoms. The van der Waals surface area contributed by atoms with Crippen LogP contribution < -0.4 is 0 Å². The van der Waals surface area contributed by atoms with Crippen LogP contribution >= 0.6 is 0 Å². The summed E-state index contributed by atoms with van der Waals surface area (Å²) in [6.07, 6.45) is 2.90. The lowest BCUT2D eigenvalue weighted by atomic mass is 9.84. The van der Waals surface area contributed by atoms with Gasteiger partial charge in [0.1, 0.15) is 6.61 Å². The Hall–Kier alpha value is -2.04. The van der Waals surface area contributed by atoms with E-state index in [2.05, 4.69) is 0 Å². The second-order valence-electron chi connectivity index (χ2n) is 6.49. The molecule has 118 valence electrons. The third-order valence-electron chi connectivity index (χ3n) is 4.95. The lowest BCUT2D eigenvalue weighted by Crippen LogP contribution is -2.32. The Morgan fingerprint density at radius 1 is 1.27 bits per heavy atom. The fourth-order valence-electron chi connectivity index (χ4n) is 3.69. The van der Waals surface area contributed by atoms with E-state index in [-0.39, 0.29) is 24.0 Å². The van der Waals surface area contributed by atoms with Crippen molar-refractivity contribution < 1.29 is 19.4 Å². The summed E-state index contributed by atoms with van der Waals surface area (Å²) in [5, 5.41) is 9.14. The van der Waals surface area contributed by atoms with Gasteiger partial charge in [0.15, 0.2) is 0 Å². The number of benzene rings is 1. The van der Waals surface area contributed by atoms with Gasteiger partial charge in [-0.1, -0.05) is 30.3 Å². The molecule has 1 amide bonds. The highest BCUT2D eigenvalue weighted by Gasteiger charge is 2.47. The van der Waals surface area contributed by atoms with Gasteiger partial charge in [-0.3, -0.25) is 4.79 Å². The monoisotopic (exact) mass is 303 g/mol. The van der Waals surface area contributed by atoms with Crippen LogP contribution in [0.2, 0.25) is 0 Å². The molecule has 3 rings (SSSR count). The first kappa shape index (κ1) is 14.9. The topological polar surface area (TPSA) is 66.8 Å². The molecule has 1 aliphatic carbocycles. The molecule has 22 heavy (non-hydrogen) atoms. The van der Waals surface area contributed by atoms with Crippen LogP contribution in [-0.4, -0.2) is 35.2 Å². The minimum Gasteiger partial charge on any atom is -0.481 e. The standard InChI is InChI=1S/C17H21NO4/c19-15(20)14-6-7-17(10-14)8-9-18(12-17)16(21)22-11-13-4-2-1-3-5-13/h1-5,14H,6-12H2,(H,19,20)/t14-,17-/m1/s1. The van der Waals surface area contributed by atoms with Crippen molar-refractivity contribution in [2.75, 3.05) is 13.1 Å². The second kappa shape index (κ2) is 5.99. The predicted octanol–water partition coefficient (Wildman–Crippen LogP) is 2.90. The van der Waals surface area contributed by atoms with Gasteiger partial charge in [0.25, 0.3) is 0 Å². The van der Waals surface area contributed by atoms with Gasteiger partial charge >= 0.3 is 12.1 Å². The zero-order valence-electron chi connectivity index (χ0n) is 12.5. The van der Waals surface area contributed by atoms with Crippen molar-refractivity contribution in [3.8, 4) is 0 Å². The molecule has 1 spiro atoms. The molecule has 0 bridgehead atoms. The van der Waals surface area contributed by atoms with E-state index in [1.165, 1.54) is 0 Å². The maximum absolute atomic E-state index is 12.2. The average molecular weight is 303 g/mol. The summed E-state index contributed by atoms with van der Waals surface area (Å²) >= 11 is 0. The fourth-order valence-corrected chi connectivity index (χ4v) is 3.69. The summed E-state index contributed by atoms with van der Waals surface area (Å²) in [6, 6.07) is 9.60. The van der Waals surface area contributed by atoms with E-state index in [1.54, 1.807) is 4.90 Å². The van der Waals surface area contributed by atoms with Crippen molar-refractivity contribution in [1.29, 1.82) is 0 Å². The number of carbonyl (C=O) groups excluding carboxylic acids is 1. The largest absolute Gasteiger partial charge is 0.481 e. The van der Waals surface area contributed by atoms with Crippen molar-refractivity contribution in [3.05, 3.63) is 35.9 Å². The van der Waals surface area contributed by atoms with Gasteiger partial charge in [-0.2, -0.15) is 0 Å². The number of nitrogens with zero attached hydrogens (tertiary/aromatic N) is 1. The number of ether oxygens (including phenoxy) is 1. The highest BCUT2D eigenvalue weighted by molar-refractivity contribution is 5.71. The summed E-state index contributed by atoms with van der Waals surface area (Å²) in [5.74, 6) is -0.956. The Bertz CT molecular complexity index is 559. The number of hydrogen-bond donors (Lipinski definition) is 1. The number of carbonyl (C=O) groups is 2. The van der Waals surface area contributed by atoms with Crippen LogP contribution in [0.15, 0.2) is 30.3 Å². The number of amides is 1. The van der Waals surface area contributed by atoms with Crippen LogP contribution in [0.4, 0.5) is 4.79 Å². The third-order valence-corrected chi connectivity index (χ3v) is 4.95. The van der Waals surface area contributed by atoms with Gasteiger partial charge in [-0.05, 0) is 36.7 Å². The number of hydrogen-bond acceptors (Lipinski definition) is 3. The Balaban J connectivity index is 1.52. The van der Waals surface area contributed by atoms with Crippen LogP contribution in [0.3, 0.4) is 0 Å². The maximum atomic E-state index is 12.2. The number of aliphatic carboxylic acids is 1. The van der Waals surface area contributed by atoms with Crippen molar-refractivity contribution in [2.24, 2.45) is 11.3 Å². The number of likely N-dealkylation sites (tertiary alicyclic amines) is 1. The molecule has 5 nitrogen and oxygen atoms in total. The van der Waals surface area contributed by atoms with Crippen LogP contribution in [-0.2, 0) is 16.1 Å². The first-order valence-corrected chi connectivity index (χ1v) is 7.76. The first-order chi connectivity index (χ1) is 10.6. The number of carboxylic acid groups (broad SMARTS) is 1. The van der Waals surface area contributed by atoms with Crippen LogP contribution in [0.5, 0.6) is 0 Å². The van der Waals surface area contributed by atoms with Gasteiger partial charge < -0.3 is 14.7 Å². The van der Waals surface area contributed by atoms with Crippen LogP contribution in [0, 0.1) is 11.3 Å². The summed E-state index contributed by atoms with van der Waals surface area (Å²) < 4.78 is 5.36. The Kier molecular flexibility index (Phi) is 4.05. The van der Waals surface area contributed by atoms with Crippen molar-refractivity contribution in [2.45, 2.75) is 32.3 Å². The van der Waals surface area contributed by atoms with E-state index in [4.69, 9.17) is 9.84 Å². The lowest BCUT2D eigenvalue weighted by molar-refractivity contribution is -0.141. The summed E-state index contributed by atoms with van der Waals surface area (Å²) in [7, 11) is 0. The molecule has 2 fully saturated rings. The first-order valence-electron chi connectivity index (χ1n) is 7.76. The molecule has 1 aromatic carbocycles. The average Bonchev–Trinajstić information content (AvgIpc) is 3.14. The van der Waals surface area contributed by atoms with E-state index in [9.17, 15) is 9.59 Å². The molecular weight excluding hydrogens is 282 g/mol. The predicted molar refractivity (Wildman–Crippen MR) is 80.2 cm³/mol. The molecule has 0 unspecified atom stereocenters. The van der Waals surface area contributed by atoms with Gasteiger partial charge in [0.05, 0.1) is 5.92 Å². The molecular formula is C17H21NO4. The molecule has 1 aromatic rings. The van der Waals surface area contributed by atoms with E-state index in [1.807, 2.05) is 30.3 Å². The van der Waals surface area contributed by atoms with Crippen LogP contribution in [0.25, 0.3) is 0 Å². The van der Waals surface area contributed by atoms with Crippen molar-refractivity contribution in [3.63, 3.8) is 0 Å². The fraction of sp³-hybridized carbons (Fsp3) is 0.529. The molecule has 1 N–H and O–H groups in total. The maximum Gasteiger partial charge on any atom is 0.410 e. The normalized spacial score (nSPS) is 27.3. The molecule has 2 atom stereocenters. The molecule has 1 saturated heterocycles. The second-order valence-corrected chi connectivity index (χ2v) is 6.49. The number of rotatable bonds is 3. The molecule has 2 aliphatic rings. The third kappa shape index (κ3) is 3.08. The SMILES string of the molecule is O=C(O)[C@@H]1CC[C@@]2(CCN(C(=O)OCc3ccccc3)C2)C1. The van der Waals surface area contributed by atoms with E-state index < -0.39 is 5.97 Å². The molecule has 1 heterocycles. The van der Waals surface area contributed by atoms with E-state index >= 15 is 0 Å². The summed E-state index contributed by atoms with van der Waals surface area (Å²) in [6.45, 7) is 1.57. The molecule has 0 radical (unpaired) electrons. The molecule has 1 saturated carbocycles. The smallest absolute Gasteiger partial charge is 0.410 e. The van der Waals surface area contributed by atoms with Gasteiger partial charge in [0, 0.05) is 13.1 Å². The Labute approximate surface area is 129 Å². The van der Waals surface area contributed by atoms with Gasteiger partial charge in [-0.25, -0.2) is 4.79 Å². The zero-order valence-corrected chi connectivity index (χ0v) is 12.5. The van der Waals surface area contributed by atoms with Gasteiger partial charge in [0.2, 0.25) is 0 Å². The van der Waals surface area contributed by atoms with E-state index in [0.717, 1.165) is 24.8 Å². The highest BCUT2D eigenvalue weighted by Crippen LogP contribution is 2.48. The zero-order chi connectivity index (χ0) is 15.6. The summed E-state index contributed by atoms with van der Waals surface area (Å²) in [4.78, 5) is 25.0. The van der Waals surface area contributed by atoms with Crippen LogP contribution in [0.1, 0.15) is 31.2 Å². The minimum atomic E-state index is -0.707. The lowest BCUT2D eigenvalue weighted by Gasteiger charge is -2.23. The minimum absolute atomic E-state index is 0.00514. The van der Waals surface area contributed by atoms with Crippen molar-refractivity contribution in [1.82, 2.24) is 4.90 Å². The van der Waals surface area contributed by atoms with Crippen molar-refractivity contribution >= 4 is 12.1 Å². The highest BCUT2D eigenvalue weighted by atomic mass is 16.6.